The highest BCUT2D eigenvalue weighted by molar-refractivity contribution is 5.91. The molecule has 134 valence electrons. The van der Waals surface area contributed by atoms with Crippen LogP contribution in [0.5, 0.6) is 0 Å². The van der Waals surface area contributed by atoms with E-state index in [-0.39, 0.29) is 5.91 Å². The van der Waals surface area contributed by atoms with Gasteiger partial charge in [0.25, 0.3) is 0 Å². The van der Waals surface area contributed by atoms with Crippen LogP contribution in [0.2, 0.25) is 0 Å². The van der Waals surface area contributed by atoms with Crippen molar-refractivity contribution in [1.29, 1.82) is 0 Å². The second-order valence-corrected chi connectivity index (χ2v) is 5.04. The van der Waals surface area contributed by atoms with E-state index < -0.39 is 0 Å². The van der Waals surface area contributed by atoms with Crippen LogP contribution in [0, 0.1) is 0 Å². The van der Waals surface area contributed by atoms with Crippen molar-refractivity contribution in [3.05, 3.63) is 24.3 Å². The number of hydrogen-bond donors (Lipinski definition) is 2. The zero-order valence-electron chi connectivity index (χ0n) is 14.8. The van der Waals surface area contributed by atoms with Crippen LogP contribution in [-0.2, 0) is 19.1 Å². The molecule has 0 heterocycles. The Balaban J connectivity index is 0. The van der Waals surface area contributed by atoms with E-state index >= 15 is 0 Å². The standard InChI is InChI=1S/C13H26N2O3.C4H6O/c1-12(2)13(16)15-7-5-9-18-11-10-17-8-4-6-14-3;1-4(2)3-5/h14H,1,4-11H2,2-3H3,(H,15,16);3H,1H2,2H3. The first-order valence-electron chi connectivity index (χ1n) is 7.80. The topological polar surface area (TPSA) is 76.7 Å². The molecule has 0 aromatic carbocycles. The summed E-state index contributed by atoms with van der Waals surface area (Å²) in [5.41, 5.74) is 1.11. The van der Waals surface area contributed by atoms with E-state index in [1.807, 2.05) is 7.05 Å². The lowest BCUT2D eigenvalue weighted by molar-refractivity contribution is -0.117. The summed E-state index contributed by atoms with van der Waals surface area (Å²) in [5, 5.41) is 5.81. The van der Waals surface area contributed by atoms with Gasteiger partial charge in [0, 0.05) is 25.3 Å². The zero-order chi connectivity index (χ0) is 17.9. The van der Waals surface area contributed by atoms with Gasteiger partial charge in [0.05, 0.1) is 13.2 Å². The minimum absolute atomic E-state index is 0.0946. The molecule has 2 N–H and O–H groups in total. The third kappa shape index (κ3) is 22.9. The molecule has 1 amide bonds. The number of rotatable bonds is 13. The van der Waals surface area contributed by atoms with Crippen LogP contribution in [0.15, 0.2) is 24.3 Å². The molecule has 0 saturated heterocycles. The summed E-state index contributed by atoms with van der Waals surface area (Å²) in [6.45, 7) is 14.4. The Labute approximate surface area is 140 Å². The van der Waals surface area contributed by atoms with Crippen LogP contribution in [0.4, 0.5) is 0 Å². The Kier molecular flexibility index (Phi) is 19.2. The predicted molar refractivity (Wildman–Crippen MR) is 93.5 cm³/mol. The van der Waals surface area contributed by atoms with Gasteiger partial charge in [-0.15, -0.1) is 0 Å². The lowest BCUT2D eigenvalue weighted by Crippen LogP contribution is -2.25. The second kappa shape index (κ2) is 18.5. The van der Waals surface area contributed by atoms with Crippen LogP contribution in [-0.4, -0.2) is 58.8 Å². The van der Waals surface area contributed by atoms with Crippen LogP contribution in [0.25, 0.3) is 0 Å². The third-order valence-electron chi connectivity index (χ3n) is 2.43. The molecule has 0 aromatic heterocycles. The quantitative estimate of drug-likeness (QED) is 0.304. The molecule has 0 saturated carbocycles. The van der Waals surface area contributed by atoms with E-state index in [1.165, 1.54) is 0 Å². The lowest BCUT2D eigenvalue weighted by atomic mass is 10.3. The molecule has 6 nitrogen and oxygen atoms in total. The Morgan fingerprint density at radius 3 is 1.87 bits per heavy atom. The van der Waals surface area contributed by atoms with Gasteiger partial charge in [-0.2, -0.15) is 0 Å². The molecule has 0 radical (unpaired) electrons. The SMILES string of the molecule is C=C(C)C(=O)NCCCOCCOCCCNC.C=C(C)C=O. The number of amides is 1. The first-order valence-corrected chi connectivity index (χ1v) is 7.80. The van der Waals surface area contributed by atoms with Crippen molar-refractivity contribution in [2.45, 2.75) is 26.7 Å². The summed E-state index contributed by atoms with van der Waals surface area (Å²) in [7, 11) is 1.93. The van der Waals surface area contributed by atoms with E-state index in [4.69, 9.17) is 9.47 Å². The van der Waals surface area contributed by atoms with Crippen LogP contribution in [0.1, 0.15) is 26.7 Å². The highest BCUT2D eigenvalue weighted by atomic mass is 16.5. The molecule has 23 heavy (non-hydrogen) atoms. The van der Waals surface area contributed by atoms with Gasteiger partial charge >= 0.3 is 0 Å². The molecule has 0 fully saturated rings. The van der Waals surface area contributed by atoms with E-state index in [9.17, 15) is 9.59 Å². The third-order valence-corrected chi connectivity index (χ3v) is 2.43. The number of carbonyl (C=O) groups excluding carboxylic acids is 2. The molecule has 0 aliphatic rings. The highest BCUT2D eigenvalue weighted by Crippen LogP contribution is 1.88. The van der Waals surface area contributed by atoms with E-state index in [1.54, 1.807) is 13.8 Å². The maximum Gasteiger partial charge on any atom is 0.246 e. The van der Waals surface area contributed by atoms with Gasteiger partial charge in [-0.25, -0.2) is 0 Å². The first kappa shape index (κ1) is 23.8. The Hall–Kier alpha value is -1.50. The van der Waals surface area contributed by atoms with Crippen molar-refractivity contribution in [3.63, 3.8) is 0 Å². The molecule has 0 bridgehead atoms. The van der Waals surface area contributed by atoms with Crippen LogP contribution >= 0.6 is 0 Å². The molecule has 0 spiro atoms. The molecule has 6 heteroatoms. The van der Waals surface area contributed by atoms with Gasteiger partial charge in [-0.3, -0.25) is 9.59 Å². The van der Waals surface area contributed by atoms with Gasteiger partial charge in [0.15, 0.2) is 0 Å². The Morgan fingerprint density at radius 1 is 1.00 bits per heavy atom. The normalized spacial score (nSPS) is 9.52. The maximum atomic E-state index is 11.1. The zero-order valence-corrected chi connectivity index (χ0v) is 14.8. The maximum absolute atomic E-state index is 11.1. The van der Waals surface area contributed by atoms with Crippen LogP contribution < -0.4 is 10.6 Å². The number of aldehydes is 1. The predicted octanol–water partition coefficient (Wildman–Crippen LogP) is 1.47. The van der Waals surface area contributed by atoms with Crippen molar-refractivity contribution < 1.29 is 19.1 Å². The number of allylic oxidation sites excluding steroid dienone is 1. The highest BCUT2D eigenvalue weighted by Gasteiger charge is 1.99. The van der Waals surface area contributed by atoms with E-state index in [0.29, 0.717) is 37.5 Å². The second-order valence-electron chi connectivity index (χ2n) is 5.04. The monoisotopic (exact) mass is 328 g/mol. The van der Waals surface area contributed by atoms with Crippen LogP contribution in [0.3, 0.4) is 0 Å². The molecule has 0 atom stereocenters. The largest absolute Gasteiger partial charge is 0.379 e. The fraction of sp³-hybridized carbons (Fsp3) is 0.647. The van der Waals surface area contributed by atoms with Gasteiger partial charge in [-0.1, -0.05) is 13.2 Å². The summed E-state index contributed by atoms with van der Waals surface area (Å²) in [5.74, 6) is -0.0946. The van der Waals surface area contributed by atoms with E-state index in [0.717, 1.165) is 32.3 Å². The fourth-order valence-electron chi connectivity index (χ4n) is 1.20. The van der Waals surface area contributed by atoms with Gasteiger partial charge in [0.2, 0.25) is 5.91 Å². The number of nitrogens with one attached hydrogen (secondary N) is 2. The van der Waals surface area contributed by atoms with Crippen molar-refractivity contribution in [3.8, 4) is 0 Å². The average molecular weight is 328 g/mol. The first-order chi connectivity index (χ1) is 11.0. The van der Waals surface area contributed by atoms with Crippen molar-refractivity contribution in [2.75, 3.05) is 46.6 Å². The molecular weight excluding hydrogens is 296 g/mol. The Bertz CT molecular complexity index is 343. The summed E-state index contributed by atoms with van der Waals surface area (Å²) in [6, 6.07) is 0. The van der Waals surface area contributed by atoms with E-state index in [2.05, 4.69) is 23.8 Å². The summed E-state index contributed by atoms with van der Waals surface area (Å²) in [4.78, 5) is 20.5. The molecule has 0 aliphatic heterocycles. The summed E-state index contributed by atoms with van der Waals surface area (Å²) in [6.07, 6.45) is 2.54. The number of hydrogen-bond acceptors (Lipinski definition) is 5. The molecule has 0 rings (SSSR count). The fourth-order valence-corrected chi connectivity index (χ4v) is 1.20. The van der Waals surface area contributed by atoms with Gasteiger partial charge in [0.1, 0.15) is 6.29 Å². The molecule has 0 aliphatic carbocycles. The number of ether oxygens (including phenoxy) is 2. The Morgan fingerprint density at radius 2 is 1.48 bits per heavy atom. The minimum Gasteiger partial charge on any atom is -0.379 e. The number of carbonyl (C=O) groups is 2. The van der Waals surface area contributed by atoms with Crippen molar-refractivity contribution >= 4 is 12.2 Å². The lowest BCUT2D eigenvalue weighted by Gasteiger charge is -2.07. The minimum atomic E-state index is -0.0946. The average Bonchev–Trinajstić information content (AvgIpc) is 2.52. The summed E-state index contributed by atoms with van der Waals surface area (Å²) < 4.78 is 10.7. The van der Waals surface area contributed by atoms with Crippen molar-refractivity contribution in [1.82, 2.24) is 10.6 Å². The van der Waals surface area contributed by atoms with Gasteiger partial charge < -0.3 is 20.1 Å². The molecule has 0 unspecified atom stereocenters. The van der Waals surface area contributed by atoms with Gasteiger partial charge in [-0.05, 0) is 45.9 Å². The van der Waals surface area contributed by atoms with Crippen molar-refractivity contribution in [2.24, 2.45) is 0 Å². The molecule has 0 aromatic rings. The summed E-state index contributed by atoms with van der Waals surface area (Å²) >= 11 is 0. The molecular formula is C17H32N2O4. The smallest absolute Gasteiger partial charge is 0.246 e.